The summed E-state index contributed by atoms with van der Waals surface area (Å²) in [4.78, 5) is 10.7. The van der Waals surface area contributed by atoms with Crippen LogP contribution in [0.3, 0.4) is 0 Å². The first-order valence-electron chi connectivity index (χ1n) is 3.23. The fourth-order valence-corrected chi connectivity index (χ4v) is 0.714. The predicted octanol–water partition coefficient (Wildman–Crippen LogP) is -0.525. The molecule has 0 radical (unpaired) electrons. The maximum absolute atomic E-state index is 10.7. The van der Waals surface area contributed by atoms with Crippen molar-refractivity contribution in [3.63, 3.8) is 0 Å². The number of carbonyl (C=O) groups is 1. The second-order valence-corrected chi connectivity index (χ2v) is 2.33. The van der Waals surface area contributed by atoms with Crippen molar-refractivity contribution >= 4 is 5.97 Å². The van der Waals surface area contributed by atoms with Gasteiger partial charge in [-0.1, -0.05) is 6.58 Å². The lowest BCUT2D eigenvalue weighted by molar-refractivity contribution is -0.137. The topological polar surface area (TPSA) is 59.1 Å². The Hall–Kier alpha value is -0.870. The molecule has 0 bridgehead atoms. The van der Waals surface area contributed by atoms with E-state index in [0.29, 0.717) is 6.61 Å². The van der Waals surface area contributed by atoms with E-state index in [1.165, 1.54) is 7.11 Å². The third-order valence-electron chi connectivity index (χ3n) is 1.52. The Morgan fingerprint density at radius 2 is 2.45 bits per heavy atom. The molecule has 4 nitrogen and oxygen atoms in total. The smallest absolute Gasteiger partial charge is 0.335 e. The van der Waals surface area contributed by atoms with E-state index in [2.05, 4.69) is 11.3 Å². The molecule has 0 amide bonds. The highest BCUT2D eigenvalue weighted by Crippen LogP contribution is 2.19. The number of hydrogen-bond donors (Lipinski definition) is 1. The van der Waals surface area contributed by atoms with Gasteiger partial charge in [-0.3, -0.25) is 0 Å². The molecule has 1 rings (SSSR count). The lowest BCUT2D eigenvalue weighted by atomic mass is 10.1. The number of epoxide rings is 1. The molecule has 1 aliphatic heterocycles. The predicted molar refractivity (Wildman–Crippen MR) is 36.9 cm³/mol. The molecule has 1 saturated heterocycles. The molecular formula is C7H10O4. The highest BCUT2D eigenvalue weighted by Gasteiger charge is 2.35. The highest BCUT2D eigenvalue weighted by molar-refractivity contribution is 5.88. The molecule has 0 aliphatic carbocycles. The van der Waals surface area contributed by atoms with Crippen LogP contribution in [0.1, 0.15) is 0 Å². The van der Waals surface area contributed by atoms with Gasteiger partial charge in [0.2, 0.25) is 0 Å². The second kappa shape index (κ2) is 3.02. The van der Waals surface area contributed by atoms with E-state index >= 15 is 0 Å². The molecule has 2 unspecified atom stereocenters. The summed E-state index contributed by atoms with van der Waals surface area (Å²) in [7, 11) is 1.24. The Kier molecular flexibility index (Phi) is 2.26. The Labute approximate surface area is 64.4 Å². The molecule has 1 N–H and O–H groups in total. The van der Waals surface area contributed by atoms with Crippen molar-refractivity contribution in [3.8, 4) is 0 Å². The first kappa shape index (κ1) is 8.23. The van der Waals surface area contributed by atoms with Crippen LogP contribution >= 0.6 is 0 Å². The quantitative estimate of drug-likeness (QED) is 0.341. The zero-order chi connectivity index (χ0) is 8.43. The fraction of sp³-hybridized carbons (Fsp3) is 0.571. The van der Waals surface area contributed by atoms with E-state index in [-0.39, 0.29) is 11.7 Å². The zero-order valence-electron chi connectivity index (χ0n) is 6.24. The Morgan fingerprint density at radius 3 is 2.82 bits per heavy atom. The van der Waals surface area contributed by atoms with Crippen molar-refractivity contribution in [3.05, 3.63) is 12.2 Å². The number of aliphatic hydroxyl groups is 1. The van der Waals surface area contributed by atoms with Gasteiger partial charge >= 0.3 is 5.97 Å². The lowest BCUT2D eigenvalue weighted by Crippen LogP contribution is -2.23. The van der Waals surface area contributed by atoms with Crippen LogP contribution < -0.4 is 0 Å². The van der Waals surface area contributed by atoms with E-state index in [1.54, 1.807) is 0 Å². The molecule has 0 aromatic rings. The van der Waals surface area contributed by atoms with Crippen LogP contribution in [0.2, 0.25) is 0 Å². The summed E-state index contributed by atoms with van der Waals surface area (Å²) >= 11 is 0. The molecule has 0 aromatic heterocycles. The summed E-state index contributed by atoms with van der Waals surface area (Å²) < 4.78 is 9.12. The van der Waals surface area contributed by atoms with Gasteiger partial charge in [-0.25, -0.2) is 4.79 Å². The first-order chi connectivity index (χ1) is 5.16. The molecule has 11 heavy (non-hydrogen) atoms. The highest BCUT2D eigenvalue weighted by atomic mass is 16.6. The summed E-state index contributed by atoms with van der Waals surface area (Å²) in [6, 6.07) is 0. The molecule has 0 saturated carbocycles. The molecule has 0 aromatic carbocycles. The molecule has 1 heterocycles. The zero-order valence-corrected chi connectivity index (χ0v) is 6.24. The van der Waals surface area contributed by atoms with E-state index in [0.717, 1.165) is 0 Å². The van der Waals surface area contributed by atoms with Crippen molar-refractivity contribution in [1.82, 2.24) is 0 Å². The number of carbonyl (C=O) groups excluding carboxylic acids is 1. The van der Waals surface area contributed by atoms with E-state index in [9.17, 15) is 9.90 Å². The van der Waals surface area contributed by atoms with E-state index in [4.69, 9.17) is 4.74 Å². The maximum atomic E-state index is 10.7. The summed E-state index contributed by atoms with van der Waals surface area (Å²) in [5.41, 5.74) is 0.0509. The molecule has 2 atom stereocenters. The number of ether oxygens (including phenoxy) is 2. The van der Waals surface area contributed by atoms with Crippen LogP contribution in [0.25, 0.3) is 0 Å². The van der Waals surface area contributed by atoms with Gasteiger partial charge in [-0.15, -0.1) is 0 Å². The normalized spacial score (nSPS) is 24.0. The third-order valence-corrected chi connectivity index (χ3v) is 1.52. The van der Waals surface area contributed by atoms with Gasteiger partial charge in [0.05, 0.1) is 19.3 Å². The maximum Gasteiger partial charge on any atom is 0.335 e. The van der Waals surface area contributed by atoms with Gasteiger partial charge in [-0.2, -0.15) is 0 Å². The Morgan fingerprint density at radius 1 is 1.91 bits per heavy atom. The summed E-state index contributed by atoms with van der Waals surface area (Å²) in [6.45, 7) is 3.87. The van der Waals surface area contributed by atoms with Crippen molar-refractivity contribution < 1.29 is 19.4 Å². The van der Waals surface area contributed by atoms with Crippen molar-refractivity contribution in [2.24, 2.45) is 0 Å². The van der Waals surface area contributed by atoms with Gasteiger partial charge in [0.25, 0.3) is 0 Å². The van der Waals surface area contributed by atoms with Crippen LogP contribution in [0.4, 0.5) is 0 Å². The minimum Gasteiger partial charge on any atom is -0.466 e. The van der Waals surface area contributed by atoms with Crippen LogP contribution in [-0.4, -0.2) is 37.0 Å². The molecule has 1 fully saturated rings. The molecule has 0 spiro atoms. The monoisotopic (exact) mass is 158 g/mol. The van der Waals surface area contributed by atoms with Crippen LogP contribution in [0.5, 0.6) is 0 Å². The largest absolute Gasteiger partial charge is 0.466 e. The van der Waals surface area contributed by atoms with Crippen molar-refractivity contribution in [1.29, 1.82) is 0 Å². The van der Waals surface area contributed by atoms with E-state index < -0.39 is 12.1 Å². The number of hydrogen-bond acceptors (Lipinski definition) is 4. The molecule has 4 heteroatoms. The van der Waals surface area contributed by atoms with Crippen LogP contribution in [-0.2, 0) is 14.3 Å². The van der Waals surface area contributed by atoms with Gasteiger partial charge in [0, 0.05) is 0 Å². The third kappa shape index (κ3) is 1.78. The minimum absolute atomic E-state index is 0.0509. The SMILES string of the molecule is C=C(C(=O)OC)C(O)C1CO1. The van der Waals surface area contributed by atoms with Gasteiger partial charge < -0.3 is 14.6 Å². The van der Waals surface area contributed by atoms with Crippen molar-refractivity contribution in [2.45, 2.75) is 12.2 Å². The Bertz CT molecular complexity index is 183. The average molecular weight is 158 g/mol. The summed E-state index contributed by atoms with van der Waals surface area (Å²) in [5, 5.41) is 9.23. The number of methoxy groups -OCH3 is 1. The number of aliphatic hydroxyl groups excluding tert-OH is 1. The average Bonchev–Trinajstić information content (AvgIpc) is 2.82. The number of rotatable bonds is 3. The number of esters is 1. The standard InChI is InChI=1S/C7H10O4/c1-4(7(9)10-2)6(8)5-3-11-5/h5-6,8H,1,3H2,2H3. The van der Waals surface area contributed by atoms with Crippen molar-refractivity contribution in [2.75, 3.05) is 13.7 Å². The minimum atomic E-state index is -0.914. The lowest BCUT2D eigenvalue weighted by Gasteiger charge is -2.07. The van der Waals surface area contributed by atoms with E-state index in [1.807, 2.05) is 0 Å². The fourth-order valence-electron chi connectivity index (χ4n) is 0.714. The van der Waals surface area contributed by atoms with Crippen LogP contribution in [0, 0.1) is 0 Å². The Balaban J connectivity index is 2.45. The van der Waals surface area contributed by atoms with Gasteiger partial charge in [0.1, 0.15) is 12.2 Å². The molecule has 1 aliphatic rings. The summed E-state index contributed by atoms with van der Waals surface area (Å²) in [6.07, 6.45) is -1.18. The first-order valence-corrected chi connectivity index (χ1v) is 3.23. The van der Waals surface area contributed by atoms with Crippen LogP contribution in [0.15, 0.2) is 12.2 Å². The molecule has 62 valence electrons. The van der Waals surface area contributed by atoms with Gasteiger partial charge in [-0.05, 0) is 0 Å². The molecular weight excluding hydrogens is 148 g/mol. The summed E-state index contributed by atoms with van der Waals surface area (Å²) in [5.74, 6) is -0.590. The second-order valence-electron chi connectivity index (χ2n) is 2.33. The van der Waals surface area contributed by atoms with Gasteiger partial charge in [0.15, 0.2) is 0 Å².